The number of carbonyl (C=O) groups excluding carboxylic acids is 1. The minimum Gasteiger partial charge on any atom is -0.399 e. The van der Waals surface area contributed by atoms with E-state index in [1.165, 1.54) is 0 Å². The molecule has 11 heteroatoms. The van der Waals surface area contributed by atoms with Crippen molar-refractivity contribution < 1.29 is 31.5 Å². The van der Waals surface area contributed by atoms with Gasteiger partial charge in [-0.1, -0.05) is 10.3 Å². The highest BCUT2D eigenvalue weighted by Gasteiger charge is 2.54. The molecule has 0 saturated carbocycles. The predicted molar refractivity (Wildman–Crippen MR) is 85.3 cm³/mol. The highest BCUT2D eigenvalue weighted by molar-refractivity contribution is 8.36. The zero-order valence-corrected chi connectivity index (χ0v) is 13.7. The van der Waals surface area contributed by atoms with E-state index in [-0.39, 0.29) is 11.7 Å². The average Bonchev–Trinajstić information content (AvgIpc) is 3.15. The summed E-state index contributed by atoms with van der Waals surface area (Å²) in [6.45, 7) is 0.319. The van der Waals surface area contributed by atoms with E-state index in [4.69, 9.17) is 15.5 Å². The van der Waals surface area contributed by atoms with E-state index in [0.717, 1.165) is 0 Å². The molecular formula is C12H18N2O7S2. The number of amides is 1. The van der Waals surface area contributed by atoms with Crippen molar-refractivity contribution in [3.63, 3.8) is 0 Å². The van der Waals surface area contributed by atoms with Crippen molar-refractivity contribution in [2.24, 2.45) is 0 Å². The molecule has 1 heterocycles. The van der Waals surface area contributed by atoms with Crippen LogP contribution in [-0.2, 0) is 18.9 Å². The monoisotopic (exact) mass is 366 g/mol. The van der Waals surface area contributed by atoms with Crippen LogP contribution < -0.4 is 11.1 Å². The number of nitrogens with two attached hydrogens (primary N) is 1. The van der Waals surface area contributed by atoms with E-state index < -0.39 is 26.1 Å². The number of rotatable bonds is 8. The Morgan fingerprint density at radius 2 is 2.04 bits per heavy atom. The van der Waals surface area contributed by atoms with Crippen LogP contribution in [0.3, 0.4) is 0 Å². The summed E-state index contributed by atoms with van der Waals surface area (Å²) in [5.41, 5.74) is 5.72. The van der Waals surface area contributed by atoms with Gasteiger partial charge < -0.3 is 11.1 Å². The molecule has 0 bridgehead atoms. The molecule has 1 aliphatic rings. The Morgan fingerprint density at radius 1 is 1.39 bits per heavy atom. The van der Waals surface area contributed by atoms with Gasteiger partial charge in [0, 0.05) is 29.3 Å². The van der Waals surface area contributed by atoms with Gasteiger partial charge in [-0.3, -0.25) is 9.35 Å². The summed E-state index contributed by atoms with van der Waals surface area (Å²) >= 11 is 0. The van der Waals surface area contributed by atoms with Gasteiger partial charge in [-0.15, -0.1) is 0 Å². The van der Waals surface area contributed by atoms with Crippen molar-refractivity contribution in [3.05, 3.63) is 29.8 Å². The lowest BCUT2D eigenvalue weighted by Crippen LogP contribution is -2.25. The molecule has 1 aromatic carbocycles. The Labute approximate surface area is 135 Å². The lowest BCUT2D eigenvalue weighted by Gasteiger charge is -2.17. The summed E-state index contributed by atoms with van der Waals surface area (Å²) in [6.07, 6.45) is 0.460. The lowest BCUT2D eigenvalue weighted by atomic mass is 10.2. The second-order valence-electron chi connectivity index (χ2n) is 5.00. The first-order valence-electron chi connectivity index (χ1n) is 6.66. The molecule has 2 atom stereocenters. The molecule has 5 N–H and O–H groups in total. The number of hydrogen-bond acceptors (Lipinski definition) is 7. The maximum Gasteiger partial charge on any atom is 0.398 e. The Hall–Kier alpha value is -1.37. The molecule has 1 fully saturated rings. The SMILES string of the molecule is Nc1ccc(C(=O)NCCCS2(OO)CC2OS(=O)(=O)O)cc1. The summed E-state index contributed by atoms with van der Waals surface area (Å²) < 4.78 is 38.6. The number of anilines is 1. The van der Waals surface area contributed by atoms with Crippen LogP contribution in [0.5, 0.6) is 0 Å². The second-order valence-corrected chi connectivity index (χ2v) is 9.20. The zero-order chi connectivity index (χ0) is 17.1. The molecule has 1 aliphatic heterocycles. The lowest BCUT2D eigenvalue weighted by molar-refractivity contribution is -0.122. The number of carbonyl (C=O) groups is 1. The predicted octanol–water partition coefficient (Wildman–Crippen LogP) is 0.757. The molecule has 130 valence electrons. The first-order valence-corrected chi connectivity index (χ1v) is 9.98. The molecule has 2 unspecified atom stereocenters. The third-order valence-corrected chi connectivity index (χ3v) is 6.82. The number of nitrogens with one attached hydrogen (secondary N) is 1. The Bertz CT molecular complexity index is 664. The molecule has 1 amide bonds. The molecule has 2 rings (SSSR count). The van der Waals surface area contributed by atoms with Gasteiger partial charge in [0.25, 0.3) is 5.91 Å². The fourth-order valence-electron chi connectivity index (χ4n) is 2.01. The third kappa shape index (κ3) is 5.06. The second kappa shape index (κ2) is 7.03. The minimum absolute atomic E-state index is 0.217. The first-order chi connectivity index (χ1) is 10.8. The van der Waals surface area contributed by atoms with Gasteiger partial charge in [-0.05, 0) is 30.7 Å². The summed E-state index contributed by atoms with van der Waals surface area (Å²) in [5, 5.41) is 11.6. The van der Waals surface area contributed by atoms with Crippen LogP contribution in [0, 0.1) is 0 Å². The largest absolute Gasteiger partial charge is 0.399 e. The van der Waals surface area contributed by atoms with E-state index in [2.05, 4.69) is 13.8 Å². The quantitative estimate of drug-likeness (QED) is 0.132. The Kier molecular flexibility index (Phi) is 5.49. The highest BCUT2D eigenvalue weighted by Crippen LogP contribution is 2.69. The van der Waals surface area contributed by atoms with Gasteiger partial charge >= 0.3 is 10.4 Å². The van der Waals surface area contributed by atoms with E-state index in [1.807, 2.05) is 0 Å². The molecule has 0 radical (unpaired) electrons. The van der Waals surface area contributed by atoms with E-state index in [0.29, 0.717) is 30.0 Å². The molecular weight excluding hydrogens is 348 g/mol. The van der Waals surface area contributed by atoms with E-state index >= 15 is 0 Å². The van der Waals surface area contributed by atoms with Crippen LogP contribution in [0.2, 0.25) is 0 Å². The number of benzene rings is 1. The molecule has 1 saturated heterocycles. The number of nitrogen functional groups attached to an aromatic ring is 1. The van der Waals surface area contributed by atoms with Crippen molar-refractivity contribution in [2.45, 2.75) is 11.9 Å². The van der Waals surface area contributed by atoms with Gasteiger partial charge in [-0.25, -0.2) is 9.44 Å². The summed E-state index contributed by atoms with van der Waals surface area (Å²) in [6, 6.07) is 6.44. The van der Waals surface area contributed by atoms with Crippen LogP contribution in [0.4, 0.5) is 5.69 Å². The average molecular weight is 366 g/mol. The Balaban J connectivity index is 1.74. The van der Waals surface area contributed by atoms with Gasteiger partial charge in [-0.2, -0.15) is 12.8 Å². The molecule has 0 spiro atoms. The molecule has 23 heavy (non-hydrogen) atoms. The first kappa shape index (κ1) is 18.0. The zero-order valence-electron chi connectivity index (χ0n) is 12.0. The van der Waals surface area contributed by atoms with Crippen LogP contribution in [0.1, 0.15) is 16.8 Å². The normalized spacial score (nSPS) is 26.3. The van der Waals surface area contributed by atoms with Crippen molar-refractivity contribution in [1.82, 2.24) is 5.32 Å². The maximum absolute atomic E-state index is 11.9. The summed E-state index contributed by atoms with van der Waals surface area (Å²) in [4.78, 5) is 11.9. The van der Waals surface area contributed by atoms with Crippen molar-refractivity contribution >= 4 is 32.3 Å². The molecule has 0 aliphatic carbocycles. The minimum atomic E-state index is -4.58. The standard InChI is InChI=1S/C12H18N2O7S2/c13-10-4-2-9(3-5-10)12(15)14-6-1-7-22(21-16)8-11(22)20-23(17,18)19/h2-5,11,16H,1,6-8,13H2,(H,14,15)(H,17,18,19). The Morgan fingerprint density at radius 3 is 2.61 bits per heavy atom. The van der Waals surface area contributed by atoms with Gasteiger partial charge in [0.05, 0.1) is 0 Å². The smallest absolute Gasteiger partial charge is 0.398 e. The van der Waals surface area contributed by atoms with Gasteiger partial charge in [0.2, 0.25) is 0 Å². The third-order valence-electron chi connectivity index (χ3n) is 3.28. The summed E-state index contributed by atoms with van der Waals surface area (Å²) in [7, 11) is -6.66. The van der Waals surface area contributed by atoms with E-state index in [1.54, 1.807) is 24.3 Å². The van der Waals surface area contributed by atoms with Crippen molar-refractivity contribution in [2.75, 3.05) is 23.8 Å². The van der Waals surface area contributed by atoms with Crippen LogP contribution in [0.15, 0.2) is 24.3 Å². The molecule has 0 aromatic heterocycles. The van der Waals surface area contributed by atoms with Crippen molar-refractivity contribution in [1.29, 1.82) is 0 Å². The highest BCUT2D eigenvalue weighted by atomic mass is 32.3. The van der Waals surface area contributed by atoms with Gasteiger partial charge in [0.15, 0.2) is 0 Å². The summed E-state index contributed by atoms with van der Waals surface area (Å²) in [5.74, 6) is 0.293. The maximum atomic E-state index is 11.9. The topological polar surface area (TPSA) is 148 Å². The van der Waals surface area contributed by atoms with Crippen LogP contribution >= 0.6 is 10.3 Å². The van der Waals surface area contributed by atoms with Crippen molar-refractivity contribution in [3.8, 4) is 0 Å². The fourth-order valence-corrected chi connectivity index (χ4v) is 5.51. The fraction of sp³-hybridized carbons (Fsp3) is 0.417. The van der Waals surface area contributed by atoms with Crippen LogP contribution in [-0.4, -0.2) is 47.6 Å². The molecule has 1 aromatic rings. The van der Waals surface area contributed by atoms with E-state index in [9.17, 15) is 13.2 Å². The van der Waals surface area contributed by atoms with Gasteiger partial charge in [0.1, 0.15) is 5.44 Å². The molecule has 9 nitrogen and oxygen atoms in total. The van der Waals surface area contributed by atoms with Crippen LogP contribution in [0.25, 0.3) is 0 Å². The number of hydrogen-bond donors (Lipinski definition) is 4.